The van der Waals surface area contributed by atoms with Gasteiger partial charge in [-0.25, -0.2) is 0 Å². The van der Waals surface area contributed by atoms with E-state index in [1.807, 2.05) is 18.7 Å². The van der Waals surface area contributed by atoms with Crippen LogP contribution in [0.5, 0.6) is 0 Å². The van der Waals surface area contributed by atoms with Crippen LogP contribution in [0.15, 0.2) is 18.2 Å². The molecule has 0 bridgehead atoms. The van der Waals surface area contributed by atoms with Crippen molar-refractivity contribution in [3.63, 3.8) is 0 Å². The lowest BCUT2D eigenvalue weighted by Gasteiger charge is -2.30. The number of benzene rings is 1. The van der Waals surface area contributed by atoms with Crippen molar-refractivity contribution in [3.05, 3.63) is 33.9 Å². The summed E-state index contributed by atoms with van der Waals surface area (Å²) < 4.78 is 0. The molecule has 20 heavy (non-hydrogen) atoms. The number of hydrogen-bond donors (Lipinski definition) is 1. The van der Waals surface area contributed by atoms with Crippen molar-refractivity contribution < 1.29 is 10.0 Å². The van der Waals surface area contributed by atoms with Crippen molar-refractivity contribution in [2.24, 2.45) is 5.92 Å². The molecule has 0 aliphatic heterocycles. The third kappa shape index (κ3) is 3.93. The molecule has 0 fully saturated rings. The van der Waals surface area contributed by atoms with Gasteiger partial charge in [-0.15, -0.1) is 0 Å². The molecule has 112 valence electrons. The number of nitro benzene ring substituents is 1. The van der Waals surface area contributed by atoms with Gasteiger partial charge in [-0.3, -0.25) is 10.1 Å². The first-order valence-corrected chi connectivity index (χ1v) is 6.97. The first-order chi connectivity index (χ1) is 9.23. The molecular weight excluding hydrogens is 256 g/mol. The smallest absolute Gasteiger partial charge is 0.292 e. The number of aliphatic hydroxyl groups is 1. The molecule has 0 aliphatic rings. The number of nitrogens with zero attached hydrogens (tertiary/aromatic N) is 2. The number of anilines is 1. The molecule has 1 rings (SSSR count). The summed E-state index contributed by atoms with van der Waals surface area (Å²) in [5.74, 6) is 0.411. The molecule has 5 nitrogen and oxygen atoms in total. The molecule has 0 aromatic heterocycles. The summed E-state index contributed by atoms with van der Waals surface area (Å²) in [5.41, 5.74) is 1.23. The second-order valence-corrected chi connectivity index (χ2v) is 5.82. The summed E-state index contributed by atoms with van der Waals surface area (Å²) in [4.78, 5) is 13.0. The summed E-state index contributed by atoms with van der Waals surface area (Å²) in [6, 6.07) is 5.13. The molecule has 0 amide bonds. The zero-order valence-electron chi connectivity index (χ0n) is 12.8. The minimum absolute atomic E-state index is 0.0535. The van der Waals surface area contributed by atoms with Crippen LogP contribution in [0.2, 0.25) is 0 Å². The van der Waals surface area contributed by atoms with Gasteiger partial charge < -0.3 is 10.0 Å². The highest BCUT2D eigenvalue weighted by atomic mass is 16.6. The van der Waals surface area contributed by atoms with E-state index < -0.39 is 6.10 Å². The van der Waals surface area contributed by atoms with Gasteiger partial charge in [0.25, 0.3) is 5.69 Å². The summed E-state index contributed by atoms with van der Waals surface area (Å²) in [6.07, 6.45) is -0.708. The first kappa shape index (κ1) is 16.4. The molecule has 0 heterocycles. The summed E-state index contributed by atoms with van der Waals surface area (Å²) in [7, 11) is 0. The minimum atomic E-state index is -0.708. The van der Waals surface area contributed by atoms with Crippen LogP contribution in [-0.4, -0.2) is 22.6 Å². The monoisotopic (exact) mass is 280 g/mol. The Morgan fingerprint density at radius 1 is 1.25 bits per heavy atom. The van der Waals surface area contributed by atoms with E-state index in [-0.39, 0.29) is 16.7 Å². The number of aliphatic hydroxyl groups excluding tert-OH is 1. The van der Waals surface area contributed by atoms with Crippen molar-refractivity contribution in [1.82, 2.24) is 0 Å². The summed E-state index contributed by atoms with van der Waals surface area (Å²) in [6.45, 7) is 10.6. The number of nitro groups is 1. The highest BCUT2D eigenvalue weighted by molar-refractivity contribution is 5.65. The third-order valence-electron chi connectivity index (χ3n) is 3.17. The van der Waals surface area contributed by atoms with E-state index in [2.05, 4.69) is 13.8 Å². The van der Waals surface area contributed by atoms with E-state index >= 15 is 0 Å². The maximum Gasteiger partial charge on any atom is 0.292 e. The Morgan fingerprint density at radius 2 is 1.85 bits per heavy atom. The van der Waals surface area contributed by atoms with Crippen LogP contribution in [0.3, 0.4) is 0 Å². The fraction of sp³-hybridized carbons (Fsp3) is 0.600. The average molecular weight is 280 g/mol. The maximum atomic E-state index is 11.3. The van der Waals surface area contributed by atoms with E-state index in [1.165, 1.54) is 6.07 Å². The lowest BCUT2D eigenvalue weighted by Crippen LogP contribution is -2.34. The van der Waals surface area contributed by atoms with Crippen molar-refractivity contribution in [3.8, 4) is 0 Å². The van der Waals surface area contributed by atoms with Crippen molar-refractivity contribution in [2.45, 2.75) is 46.8 Å². The van der Waals surface area contributed by atoms with Gasteiger partial charge in [0.2, 0.25) is 0 Å². The second-order valence-electron chi connectivity index (χ2n) is 5.82. The average Bonchev–Trinajstić information content (AvgIpc) is 2.34. The summed E-state index contributed by atoms with van der Waals surface area (Å²) >= 11 is 0. The molecule has 1 atom stereocenters. The second kappa shape index (κ2) is 6.70. The van der Waals surface area contributed by atoms with Crippen LogP contribution in [0.1, 0.15) is 46.3 Å². The quantitative estimate of drug-likeness (QED) is 0.639. The van der Waals surface area contributed by atoms with Gasteiger partial charge in [-0.05, 0) is 38.3 Å². The maximum absolute atomic E-state index is 11.3. The topological polar surface area (TPSA) is 66.6 Å². The van der Waals surface area contributed by atoms with E-state index in [4.69, 9.17) is 0 Å². The van der Waals surface area contributed by atoms with Gasteiger partial charge in [0.05, 0.1) is 11.0 Å². The zero-order chi connectivity index (χ0) is 15.4. The molecule has 1 N–H and O–H groups in total. The summed E-state index contributed by atoms with van der Waals surface area (Å²) in [5, 5.41) is 20.9. The minimum Gasteiger partial charge on any atom is -0.389 e. The van der Waals surface area contributed by atoms with E-state index in [0.29, 0.717) is 17.2 Å². The van der Waals surface area contributed by atoms with Gasteiger partial charge in [-0.2, -0.15) is 0 Å². The van der Waals surface area contributed by atoms with E-state index in [9.17, 15) is 15.2 Å². The fourth-order valence-electron chi connectivity index (χ4n) is 2.17. The van der Waals surface area contributed by atoms with Crippen LogP contribution in [0.4, 0.5) is 11.4 Å². The Labute approximate surface area is 120 Å². The Balaban J connectivity index is 3.30. The third-order valence-corrected chi connectivity index (χ3v) is 3.17. The van der Waals surface area contributed by atoms with Crippen molar-refractivity contribution >= 4 is 11.4 Å². The molecule has 0 saturated carbocycles. The van der Waals surface area contributed by atoms with Crippen molar-refractivity contribution in [2.75, 3.05) is 11.4 Å². The normalized spacial score (nSPS) is 12.8. The molecule has 1 aromatic carbocycles. The fourth-order valence-corrected chi connectivity index (χ4v) is 2.17. The molecule has 0 aliphatic carbocycles. The number of hydrogen-bond acceptors (Lipinski definition) is 4. The van der Waals surface area contributed by atoms with Gasteiger partial charge in [0.1, 0.15) is 5.69 Å². The molecule has 0 spiro atoms. The van der Waals surface area contributed by atoms with Crippen LogP contribution in [-0.2, 0) is 0 Å². The molecule has 1 aromatic rings. The highest BCUT2D eigenvalue weighted by Gasteiger charge is 2.23. The molecule has 0 radical (unpaired) electrons. The lowest BCUT2D eigenvalue weighted by atomic mass is 10.1. The van der Waals surface area contributed by atoms with Gasteiger partial charge in [0.15, 0.2) is 0 Å². The Bertz CT molecular complexity index is 470. The van der Waals surface area contributed by atoms with Gasteiger partial charge in [-0.1, -0.05) is 19.9 Å². The Hall–Kier alpha value is -1.62. The SMILES string of the molecule is CC(C)CN(c1ccc(C(C)O)cc1[N+](=O)[O-])C(C)C. The zero-order valence-corrected chi connectivity index (χ0v) is 12.8. The molecule has 1 unspecified atom stereocenters. The predicted octanol–water partition coefficient (Wildman–Crippen LogP) is 3.52. The lowest BCUT2D eigenvalue weighted by molar-refractivity contribution is -0.384. The van der Waals surface area contributed by atoms with Crippen LogP contribution >= 0.6 is 0 Å². The van der Waals surface area contributed by atoms with Crippen LogP contribution in [0.25, 0.3) is 0 Å². The van der Waals surface area contributed by atoms with Crippen molar-refractivity contribution in [1.29, 1.82) is 0 Å². The number of rotatable bonds is 6. The van der Waals surface area contributed by atoms with Crippen LogP contribution in [0, 0.1) is 16.0 Å². The van der Waals surface area contributed by atoms with Crippen LogP contribution < -0.4 is 4.90 Å². The van der Waals surface area contributed by atoms with E-state index in [1.54, 1.807) is 19.1 Å². The molecule has 5 heteroatoms. The largest absolute Gasteiger partial charge is 0.389 e. The predicted molar refractivity (Wildman–Crippen MR) is 81.1 cm³/mol. The molecule has 0 saturated heterocycles. The first-order valence-electron chi connectivity index (χ1n) is 6.97. The highest BCUT2D eigenvalue weighted by Crippen LogP contribution is 2.32. The van der Waals surface area contributed by atoms with E-state index in [0.717, 1.165) is 6.54 Å². The standard InChI is InChI=1S/C15H24N2O3/c1-10(2)9-16(11(3)4)14-7-6-13(12(5)18)8-15(14)17(19)20/h6-8,10-12,18H,9H2,1-5H3. The Morgan fingerprint density at radius 3 is 2.25 bits per heavy atom. The van der Waals surface area contributed by atoms with Gasteiger partial charge in [0, 0.05) is 18.7 Å². The molecular formula is C15H24N2O3. The van der Waals surface area contributed by atoms with Gasteiger partial charge >= 0.3 is 0 Å². The Kier molecular flexibility index (Phi) is 5.51.